The molecule has 0 bridgehead atoms. The van der Waals surface area contributed by atoms with Gasteiger partial charge in [0, 0.05) is 72.9 Å². The van der Waals surface area contributed by atoms with Crippen LogP contribution in [0.1, 0.15) is 22.3 Å². The zero-order chi connectivity index (χ0) is 33.9. The quantitative estimate of drug-likeness (QED) is 0.168. The van der Waals surface area contributed by atoms with Gasteiger partial charge in [0.1, 0.15) is 28.6 Å². The van der Waals surface area contributed by atoms with Crippen molar-refractivity contribution < 1.29 is 32.5 Å². The minimum atomic E-state index is -0.776. The summed E-state index contributed by atoms with van der Waals surface area (Å²) in [6, 6.07) is 14.2. The van der Waals surface area contributed by atoms with Crippen LogP contribution < -0.4 is 25.1 Å². The van der Waals surface area contributed by atoms with Crippen LogP contribution in [-0.4, -0.2) is 66.4 Å². The molecule has 1 saturated heterocycles. The van der Waals surface area contributed by atoms with E-state index in [1.165, 1.54) is 41.0 Å². The van der Waals surface area contributed by atoms with Crippen molar-refractivity contribution in [3.05, 3.63) is 111 Å². The van der Waals surface area contributed by atoms with Gasteiger partial charge in [0.2, 0.25) is 0 Å². The number of anilines is 1. The van der Waals surface area contributed by atoms with E-state index in [1.807, 2.05) is 0 Å². The van der Waals surface area contributed by atoms with E-state index in [1.54, 1.807) is 30.6 Å². The fraction of sp³-hybridized carbons (Fsp3) is 0.250. The summed E-state index contributed by atoms with van der Waals surface area (Å²) < 4.78 is 53.1. The van der Waals surface area contributed by atoms with E-state index in [2.05, 4.69) is 15.2 Å². The Morgan fingerprint density at radius 2 is 1.80 bits per heavy atom. The number of morpholine rings is 1. The lowest BCUT2D eigenvalue weighted by atomic mass is 10.1. The molecule has 1 amide bonds. The van der Waals surface area contributed by atoms with E-state index in [-0.39, 0.29) is 22.7 Å². The maximum Gasteiger partial charge on any atom is 0.271 e. The highest BCUT2D eigenvalue weighted by atomic mass is 35.5. The van der Waals surface area contributed by atoms with Crippen molar-refractivity contribution in [3.8, 4) is 28.7 Å². The highest BCUT2D eigenvalue weighted by Crippen LogP contribution is 2.37. The van der Waals surface area contributed by atoms with Gasteiger partial charge in [0.05, 0.1) is 37.0 Å². The summed E-state index contributed by atoms with van der Waals surface area (Å²) in [5.41, 5.74) is 0.789. The topological polar surface area (TPSA) is 104 Å². The number of carbonyl (C=O) groups excluding carboxylic acids is 1. The molecular formula is C36H31ClF2N4O6. The molecule has 5 aromatic rings. The largest absolute Gasteiger partial charge is 0.492 e. The molecule has 1 N–H and O–H groups in total. The lowest BCUT2D eigenvalue weighted by molar-refractivity contribution is 0.0358. The van der Waals surface area contributed by atoms with Crippen LogP contribution in [0.5, 0.6) is 23.0 Å². The third-order valence-electron chi connectivity index (χ3n) is 8.33. The van der Waals surface area contributed by atoms with Gasteiger partial charge in [0.25, 0.3) is 11.5 Å². The molecule has 3 aromatic carbocycles. The molecule has 0 spiro atoms. The summed E-state index contributed by atoms with van der Waals surface area (Å²) in [4.78, 5) is 33.6. The molecule has 2 aliphatic rings. The first-order valence-corrected chi connectivity index (χ1v) is 16.2. The van der Waals surface area contributed by atoms with Crippen LogP contribution in [0.2, 0.25) is 5.02 Å². The molecule has 0 atom stereocenters. The number of benzene rings is 3. The van der Waals surface area contributed by atoms with Gasteiger partial charge in [-0.25, -0.2) is 8.78 Å². The standard InChI is InChI=1S/C36H31ClF2N4O6/c37-27-19-26-29(20-32(27)47-14-1-11-42-12-16-46-17-13-42)40-10-8-30(26)49-31-7-4-24(18-28(31)39)41-35(44)33-34-22(9-15-48-34)21-43(36(33)45)25-5-2-23(38)3-6-25/h2-8,10,18-21H,1,9,11-17H2,(H,41,44). The van der Waals surface area contributed by atoms with Gasteiger partial charge in [-0.1, -0.05) is 11.6 Å². The highest BCUT2D eigenvalue weighted by Gasteiger charge is 2.27. The Morgan fingerprint density at radius 1 is 0.980 bits per heavy atom. The second kappa shape index (κ2) is 14.2. The Balaban J connectivity index is 1.06. The molecule has 7 rings (SSSR count). The number of pyridine rings is 2. The zero-order valence-electron chi connectivity index (χ0n) is 26.2. The Morgan fingerprint density at radius 3 is 2.59 bits per heavy atom. The molecule has 2 aliphatic heterocycles. The summed E-state index contributed by atoms with van der Waals surface area (Å²) >= 11 is 6.56. The van der Waals surface area contributed by atoms with Crippen LogP contribution in [0.3, 0.4) is 0 Å². The van der Waals surface area contributed by atoms with E-state index < -0.39 is 23.1 Å². The van der Waals surface area contributed by atoms with Crippen molar-refractivity contribution in [2.24, 2.45) is 0 Å². The predicted molar refractivity (Wildman–Crippen MR) is 180 cm³/mol. The maximum atomic E-state index is 15.4. The number of aromatic nitrogens is 2. The minimum absolute atomic E-state index is 0.0937. The normalized spacial score (nSPS) is 14.3. The first-order valence-electron chi connectivity index (χ1n) is 15.8. The van der Waals surface area contributed by atoms with Gasteiger partial charge in [-0.05, 0) is 55.0 Å². The van der Waals surface area contributed by atoms with E-state index in [0.29, 0.717) is 58.3 Å². The van der Waals surface area contributed by atoms with Crippen molar-refractivity contribution in [1.82, 2.24) is 14.5 Å². The van der Waals surface area contributed by atoms with Crippen molar-refractivity contribution >= 4 is 34.1 Å². The van der Waals surface area contributed by atoms with Crippen LogP contribution in [-0.2, 0) is 11.2 Å². The summed E-state index contributed by atoms with van der Waals surface area (Å²) in [5.74, 6) is -1.11. The molecule has 0 unspecified atom stereocenters. The SMILES string of the molecule is O=C(Nc1ccc(Oc2ccnc3cc(OCCCN4CCOCC4)c(Cl)cc23)c(F)c1)c1c2c(cn(-c3ccc(F)cc3)c1=O)CCO2. The van der Waals surface area contributed by atoms with Gasteiger partial charge in [0.15, 0.2) is 11.6 Å². The number of hydrogen-bond acceptors (Lipinski definition) is 8. The van der Waals surface area contributed by atoms with E-state index in [9.17, 15) is 14.0 Å². The lowest BCUT2D eigenvalue weighted by Gasteiger charge is -2.26. The van der Waals surface area contributed by atoms with Crippen molar-refractivity contribution in [2.45, 2.75) is 12.8 Å². The highest BCUT2D eigenvalue weighted by molar-refractivity contribution is 6.33. The van der Waals surface area contributed by atoms with Gasteiger partial charge < -0.3 is 24.3 Å². The third kappa shape index (κ3) is 7.07. The van der Waals surface area contributed by atoms with E-state index in [4.69, 9.17) is 30.5 Å². The Bertz CT molecular complexity index is 2090. The van der Waals surface area contributed by atoms with Crippen molar-refractivity contribution in [3.63, 3.8) is 0 Å². The molecular weight excluding hydrogens is 658 g/mol. The molecule has 0 aliphatic carbocycles. The fourth-order valence-corrected chi connectivity index (χ4v) is 6.06. The van der Waals surface area contributed by atoms with Crippen LogP contribution in [0, 0.1) is 11.6 Å². The fourth-order valence-electron chi connectivity index (χ4n) is 5.84. The minimum Gasteiger partial charge on any atom is -0.492 e. The van der Waals surface area contributed by atoms with E-state index >= 15 is 4.39 Å². The van der Waals surface area contributed by atoms with Crippen LogP contribution in [0.15, 0.2) is 77.9 Å². The number of hydrogen-bond donors (Lipinski definition) is 1. The van der Waals surface area contributed by atoms with Crippen molar-refractivity contribution in [2.75, 3.05) is 51.4 Å². The van der Waals surface area contributed by atoms with Crippen LogP contribution >= 0.6 is 11.6 Å². The molecule has 4 heterocycles. The zero-order valence-corrected chi connectivity index (χ0v) is 27.0. The average molecular weight is 689 g/mol. The molecule has 10 nitrogen and oxygen atoms in total. The first-order chi connectivity index (χ1) is 23.8. The number of nitrogens with zero attached hydrogens (tertiary/aromatic N) is 3. The number of rotatable bonds is 10. The number of nitrogens with one attached hydrogen (secondary N) is 1. The van der Waals surface area contributed by atoms with Gasteiger partial charge in [-0.15, -0.1) is 0 Å². The molecule has 0 radical (unpaired) electrons. The average Bonchev–Trinajstić information content (AvgIpc) is 3.57. The second-order valence-corrected chi connectivity index (χ2v) is 12.0. The molecule has 2 aromatic heterocycles. The van der Waals surface area contributed by atoms with Crippen LogP contribution in [0.25, 0.3) is 16.6 Å². The van der Waals surface area contributed by atoms with Gasteiger partial charge >= 0.3 is 0 Å². The van der Waals surface area contributed by atoms with Crippen LogP contribution in [0.4, 0.5) is 14.5 Å². The Hall–Kier alpha value is -5.04. The molecule has 13 heteroatoms. The lowest BCUT2D eigenvalue weighted by Crippen LogP contribution is -2.37. The van der Waals surface area contributed by atoms with E-state index in [0.717, 1.165) is 45.3 Å². The summed E-state index contributed by atoms with van der Waals surface area (Å²) in [7, 11) is 0. The second-order valence-electron chi connectivity index (χ2n) is 11.6. The van der Waals surface area contributed by atoms with Gasteiger partial charge in [-0.2, -0.15) is 0 Å². The first kappa shape index (κ1) is 32.5. The summed E-state index contributed by atoms with van der Waals surface area (Å²) in [6.45, 7) is 4.99. The smallest absolute Gasteiger partial charge is 0.271 e. The number of carbonyl (C=O) groups is 1. The number of ether oxygens (including phenoxy) is 4. The molecule has 0 saturated carbocycles. The Labute approximate surface area is 284 Å². The number of amides is 1. The number of fused-ring (bicyclic) bond motifs is 2. The molecule has 252 valence electrons. The maximum absolute atomic E-state index is 15.4. The van der Waals surface area contributed by atoms with Crippen molar-refractivity contribution in [1.29, 1.82) is 0 Å². The molecule has 49 heavy (non-hydrogen) atoms. The van der Waals surface area contributed by atoms with Gasteiger partial charge in [-0.3, -0.25) is 24.0 Å². The summed E-state index contributed by atoms with van der Waals surface area (Å²) in [6.07, 6.45) is 4.43. The third-order valence-corrected chi connectivity index (χ3v) is 8.63. The number of halogens is 3. The predicted octanol–water partition coefficient (Wildman–Crippen LogP) is 6.40. The molecule has 1 fully saturated rings. The summed E-state index contributed by atoms with van der Waals surface area (Å²) in [5, 5.41) is 3.52. The Kier molecular flexibility index (Phi) is 9.43. The monoisotopic (exact) mass is 688 g/mol.